The Bertz CT molecular complexity index is 634. The number of unbranched alkanes of at least 4 members (excludes halogenated alkanes) is 1. The SMILES string of the molecule is CCCCC(C)(CO)Nc1nc(Cl)nc2cc(Br)cnc12. The van der Waals surface area contributed by atoms with Crippen LogP contribution in [0.5, 0.6) is 0 Å². The number of pyridine rings is 1. The Kier molecular flexibility index (Phi) is 5.35. The van der Waals surface area contributed by atoms with Gasteiger partial charge in [0.1, 0.15) is 5.52 Å². The summed E-state index contributed by atoms with van der Waals surface area (Å²) in [6.45, 7) is 4.09. The normalized spacial score (nSPS) is 14.1. The van der Waals surface area contributed by atoms with E-state index in [-0.39, 0.29) is 11.9 Å². The molecule has 0 radical (unpaired) electrons. The first kappa shape index (κ1) is 16.4. The van der Waals surface area contributed by atoms with E-state index in [1.54, 1.807) is 6.20 Å². The second-order valence-corrected chi connectivity index (χ2v) is 6.56. The number of aliphatic hydroxyl groups is 1. The molecule has 2 heterocycles. The zero-order valence-electron chi connectivity index (χ0n) is 12.0. The van der Waals surface area contributed by atoms with Crippen LogP contribution >= 0.6 is 27.5 Å². The summed E-state index contributed by atoms with van der Waals surface area (Å²) in [7, 11) is 0. The molecule has 2 rings (SSSR count). The molecule has 0 aromatic carbocycles. The predicted molar refractivity (Wildman–Crippen MR) is 88.7 cm³/mol. The zero-order valence-corrected chi connectivity index (χ0v) is 14.4. The number of hydrogen-bond donors (Lipinski definition) is 2. The molecule has 0 saturated carbocycles. The summed E-state index contributed by atoms with van der Waals surface area (Å²) in [5, 5.41) is 13.1. The third-order valence-electron chi connectivity index (χ3n) is 3.33. The lowest BCUT2D eigenvalue weighted by atomic mass is 9.96. The average molecular weight is 374 g/mol. The van der Waals surface area contributed by atoms with Gasteiger partial charge in [0.25, 0.3) is 0 Å². The van der Waals surface area contributed by atoms with Crippen molar-refractivity contribution in [3.63, 3.8) is 0 Å². The van der Waals surface area contributed by atoms with Gasteiger partial charge in [0.05, 0.1) is 17.7 Å². The van der Waals surface area contributed by atoms with Gasteiger partial charge in [-0.05, 0) is 46.9 Å². The topological polar surface area (TPSA) is 70.9 Å². The van der Waals surface area contributed by atoms with Gasteiger partial charge >= 0.3 is 0 Å². The molecule has 5 nitrogen and oxygen atoms in total. The Morgan fingerprint density at radius 3 is 2.86 bits per heavy atom. The summed E-state index contributed by atoms with van der Waals surface area (Å²) >= 11 is 9.35. The van der Waals surface area contributed by atoms with E-state index in [1.807, 2.05) is 13.0 Å². The number of halogens is 2. The van der Waals surface area contributed by atoms with Crippen molar-refractivity contribution < 1.29 is 5.11 Å². The number of nitrogens with one attached hydrogen (secondary N) is 1. The molecule has 114 valence electrons. The monoisotopic (exact) mass is 372 g/mol. The molecule has 2 aromatic heterocycles. The standard InChI is InChI=1S/C14H18BrClN4O/c1-3-4-5-14(2,8-21)20-12-11-10(18-13(16)19-12)6-9(15)7-17-11/h6-7,21H,3-5,8H2,1-2H3,(H,18,19,20). The highest BCUT2D eigenvalue weighted by Crippen LogP contribution is 2.27. The molecule has 0 aliphatic carbocycles. The van der Waals surface area contributed by atoms with Gasteiger partial charge in [-0.1, -0.05) is 19.8 Å². The van der Waals surface area contributed by atoms with Crippen LogP contribution in [0.15, 0.2) is 16.7 Å². The van der Waals surface area contributed by atoms with Crippen molar-refractivity contribution in [3.8, 4) is 0 Å². The van der Waals surface area contributed by atoms with Crippen molar-refractivity contribution in [1.29, 1.82) is 0 Å². The van der Waals surface area contributed by atoms with Gasteiger partial charge < -0.3 is 10.4 Å². The third-order valence-corrected chi connectivity index (χ3v) is 3.93. The Hall–Kier alpha value is -0.980. The Morgan fingerprint density at radius 1 is 1.43 bits per heavy atom. The lowest BCUT2D eigenvalue weighted by Gasteiger charge is -2.29. The van der Waals surface area contributed by atoms with E-state index in [0.29, 0.717) is 16.9 Å². The summed E-state index contributed by atoms with van der Waals surface area (Å²) in [5.41, 5.74) is 0.830. The molecule has 0 bridgehead atoms. The minimum Gasteiger partial charge on any atom is -0.394 e. The van der Waals surface area contributed by atoms with Crippen LogP contribution in [0, 0.1) is 0 Å². The maximum Gasteiger partial charge on any atom is 0.225 e. The maximum absolute atomic E-state index is 9.69. The second-order valence-electron chi connectivity index (χ2n) is 5.31. The van der Waals surface area contributed by atoms with E-state index < -0.39 is 5.54 Å². The molecule has 0 spiro atoms. The van der Waals surface area contributed by atoms with Gasteiger partial charge in [0.2, 0.25) is 5.28 Å². The smallest absolute Gasteiger partial charge is 0.225 e. The van der Waals surface area contributed by atoms with Crippen molar-refractivity contribution in [3.05, 3.63) is 22.0 Å². The minimum absolute atomic E-state index is 0.00659. The van der Waals surface area contributed by atoms with Crippen molar-refractivity contribution in [2.75, 3.05) is 11.9 Å². The van der Waals surface area contributed by atoms with Crippen LogP contribution in [0.3, 0.4) is 0 Å². The molecule has 0 saturated heterocycles. The summed E-state index contributed by atoms with van der Waals surface area (Å²) in [6.07, 6.45) is 4.60. The Morgan fingerprint density at radius 2 is 2.19 bits per heavy atom. The lowest BCUT2D eigenvalue weighted by molar-refractivity contribution is 0.212. The number of fused-ring (bicyclic) bond motifs is 1. The molecular formula is C14H18BrClN4O. The largest absolute Gasteiger partial charge is 0.394 e. The van der Waals surface area contributed by atoms with E-state index in [9.17, 15) is 5.11 Å². The molecule has 0 aliphatic rings. The van der Waals surface area contributed by atoms with Gasteiger partial charge in [-0.3, -0.25) is 0 Å². The molecule has 21 heavy (non-hydrogen) atoms. The third kappa shape index (κ3) is 4.02. The van der Waals surface area contributed by atoms with Gasteiger partial charge in [0, 0.05) is 10.7 Å². The first-order chi connectivity index (χ1) is 9.97. The summed E-state index contributed by atoms with van der Waals surface area (Å²) < 4.78 is 0.826. The maximum atomic E-state index is 9.69. The van der Waals surface area contributed by atoms with Crippen molar-refractivity contribution >= 4 is 44.4 Å². The lowest BCUT2D eigenvalue weighted by Crippen LogP contribution is -2.39. The van der Waals surface area contributed by atoms with Crippen LogP contribution in [-0.4, -0.2) is 32.2 Å². The van der Waals surface area contributed by atoms with Crippen LogP contribution < -0.4 is 5.32 Å². The molecule has 1 atom stereocenters. The molecule has 7 heteroatoms. The summed E-state index contributed by atoms with van der Waals surface area (Å²) in [5.74, 6) is 0.546. The highest BCUT2D eigenvalue weighted by atomic mass is 79.9. The molecule has 0 amide bonds. The second kappa shape index (κ2) is 6.85. The number of aliphatic hydroxyl groups excluding tert-OH is 1. The number of anilines is 1. The molecular weight excluding hydrogens is 356 g/mol. The fourth-order valence-electron chi connectivity index (χ4n) is 2.09. The molecule has 1 unspecified atom stereocenters. The van der Waals surface area contributed by atoms with E-state index in [0.717, 1.165) is 23.7 Å². The number of rotatable bonds is 6. The summed E-state index contributed by atoms with van der Waals surface area (Å²) in [6, 6.07) is 1.84. The van der Waals surface area contributed by atoms with Crippen LogP contribution in [0.25, 0.3) is 11.0 Å². The predicted octanol–water partition coefficient (Wildman–Crippen LogP) is 3.79. The van der Waals surface area contributed by atoms with Crippen LogP contribution in [-0.2, 0) is 0 Å². The van der Waals surface area contributed by atoms with Gasteiger partial charge in [-0.15, -0.1) is 0 Å². The first-order valence-electron chi connectivity index (χ1n) is 6.85. The van der Waals surface area contributed by atoms with E-state index in [1.165, 1.54) is 0 Å². The Balaban J connectivity index is 2.41. The first-order valence-corrected chi connectivity index (χ1v) is 8.02. The average Bonchev–Trinajstić information content (AvgIpc) is 2.44. The molecule has 0 fully saturated rings. The quantitative estimate of drug-likeness (QED) is 0.754. The number of hydrogen-bond acceptors (Lipinski definition) is 5. The van der Waals surface area contributed by atoms with Crippen molar-refractivity contribution in [1.82, 2.24) is 15.0 Å². The van der Waals surface area contributed by atoms with Crippen molar-refractivity contribution in [2.45, 2.75) is 38.6 Å². The fraction of sp³-hybridized carbons (Fsp3) is 0.500. The van der Waals surface area contributed by atoms with Crippen LogP contribution in [0.4, 0.5) is 5.82 Å². The van der Waals surface area contributed by atoms with E-state index in [2.05, 4.69) is 43.1 Å². The highest BCUT2D eigenvalue weighted by Gasteiger charge is 2.24. The zero-order chi connectivity index (χ0) is 15.5. The van der Waals surface area contributed by atoms with Gasteiger partial charge in [0.15, 0.2) is 5.82 Å². The molecule has 0 aliphatic heterocycles. The van der Waals surface area contributed by atoms with E-state index >= 15 is 0 Å². The number of aromatic nitrogens is 3. The van der Waals surface area contributed by atoms with Crippen LogP contribution in [0.2, 0.25) is 5.28 Å². The van der Waals surface area contributed by atoms with E-state index in [4.69, 9.17) is 11.6 Å². The van der Waals surface area contributed by atoms with Crippen LogP contribution in [0.1, 0.15) is 33.1 Å². The molecule has 2 N–H and O–H groups in total. The number of nitrogens with zero attached hydrogens (tertiary/aromatic N) is 3. The minimum atomic E-state index is -0.463. The highest BCUT2D eigenvalue weighted by molar-refractivity contribution is 9.10. The summed E-state index contributed by atoms with van der Waals surface area (Å²) in [4.78, 5) is 12.7. The fourth-order valence-corrected chi connectivity index (χ4v) is 2.58. The van der Waals surface area contributed by atoms with Gasteiger partial charge in [-0.25, -0.2) is 9.97 Å². The molecule has 2 aromatic rings. The van der Waals surface area contributed by atoms with Crippen molar-refractivity contribution in [2.24, 2.45) is 0 Å². The van der Waals surface area contributed by atoms with Gasteiger partial charge in [-0.2, -0.15) is 4.98 Å². The Labute approximate surface area is 137 Å².